The molecule has 0 aliphatic carbocycles. The van der Waals surface area contributed by atoms with Gasteiger partial charge in [-0.25, -0.2) is 9.78 Å². The van der Waals surface area contributed by atoms with Gasteiger partial charge in [-0.1, -0.05) is 26.0 Å². The first-order chi connectivity index (χ1) is 12.9. The molecule has 0 N–H and O–H groups in total. The van der Waals surface area contributed by atoms with Gasteiger partial charge in [-0.3, -0.25) is 13.9 Å². The topological polar surface area (TPSA) is 61.8 Å². The lowest BCUT2D eigenvalue weighted by atomic mass is 10.2. The summed E-state index contributed by atoms with van der Waals surface area (Å²) in [5.41, 5.74) is -2.44. The fraction of sp³-hybridized carbons (Fsp3) is 0.615. The van der Waals surface area contributed by atoms with Gasteiger partial charge < -0.3 is 4.57 Å². The third-order valence-electron chi connectivity index (χ3n) is 2.77. The van der Waals surface area contributed by atoms with Crippen LogP contribution in [-0.4, -0.2) is 18.7 Å². The van der Waals surface area contributed by atoms with Crippen LogP contribution < -0.4 is 11.2 Å². The number of hydrogen-bond acceptors (Lipinski definition) is 3. The van der Waals surface area contributed by atoms with E-state index >= 15 is 0 Å². The van der Waals surface area contributed by atoms with Gasteiger partial charge in [-0.15, -0.1) is 0 Å². The number of rotatable bonds is 5. The van der Waals surface area contributed by atoms with E-state index in [0.717, 1.165) is 0 Å². The molecule has 0 aromatic carbocycles. The van der Waals surface area contributed by atoms with E-state index in [1.807, 2.05) is 0 Å². The summed E-state index contributed by atoms with van der Waals surface area (Å²) in [7, 11) is 1.44. The Bertz CT molecular complexity index is 1030. The lowest BCUT2D eigenvalue weighted by Gasteiger charge is -2.08. The molecule has 0 unspecified atom stereocenters. The molecule has 0 spiro atoms. The molecule has 2 heterocycles. The van der Waals surface area contributed by atoms with Crippen molar-refractivity contribution in [2.24, 2.45) is 14.0 Å². The van der Waals surface area contributed by atoms with E-state index in [1.54, 1.807) is 0 Å². The summed E-state index contributed by atoms with van der Waals surface area (Å²) in [5.74, 6) is 0. The van der Waals surface area contributed by atoms with Crippen LogP contribution in [-0.2, 0) is 20.6 Å². The molecule has 0 saturated carbocycles. The number of hydrogen-bond donors (Lipinski definition) is 0. The number of fused-ring (bicyclic) bond motifs is 1. The van der Waals surface area contributed by atoms with Crippen molar-refractivity contribution in [3.63, 3.8) is 0 Å². The Morgan fingerprint density at radius 2 is 2.26 bits per heavy atom. The van der Waals surface area contributed by atoms with Crippen molar-refractivity contribution in [3.8, 4) is 0 Å². The smallest absolute Gasteiger partial charge is 0.328 e. The second-order valence-electron chi connectivity index (χ2n) is 4.01. The molecule has 2 rings (SSSR count). The van der Waals surface area contributed by atoms with E-state index in [9.17, 15) is 9.59 Å². The third-order valence-corrected chi connectivity index (χ3v) is 2.77. The molecule has 0 amide bonds. The summed E-state index contributed by atoms with van der Waals surface area (Å²) in [6.07, 6.45) is -5.64. The van der Waals surface area contributed by atoms with Gasteiger partial charge in [0.1, 0.15) is 0 Å². The van der Waals surface area contributed by atoms with Crippen LogP contribution in [0.15, 0.2) is 15.9 Å². The third kappa shape index (κ3) is 2.34. The van der Waals surface area contributed by atoms with Gasteiger partial charge in [-0.2, -0.15) is 0 Å². The Kier molecular flexibility index (Phi) is 1.61. The number of nitrogens with zero attached hydrogens (tertiary/aromatic N) is 4. The van der Waals surface area contributed by atoms with E-state index in [1.165, 1.54) is 17.9 Å². The number of imidazole rings is 1. The first kappa shape index (κ1) is 5.64. The molecule has 0 aliphatic rings. The average Bonchev–Trinajstić information content (AvgIpc) is 2.89. The van der Waals surface area contributed by atoms with Crippen molar-refractivity contribution in [3.05, 3.63) is 27.2 Å². The van der Waals surface area contributed by atoms with Crippen molar-refractivity contribution < 1.29 is 13.7 Å². The molecule has 0 fully saturated rings. The van der Waals surface area contributed by atoms with Crippen LogP contribution in [0, 0.1) is 0 Å². The van der Waals surface area contributed by atoms with Gasteiger partial charge in [0.2, 0.25) is 0 Å². The van der Waals surface area contributed by atoms with E-state index in [-0.39, 0.29) is 17.6 Å². The number of aromatic nitrogens is 4. The van der Waals surface area contributed by atoms with Gasteiger partial charge in [0, 0.05) is 34.3 Å². The molecule has 19 heavy (non-hydrogen) atoms. The zero-order valence-corrected chi connectivity index (χ0v) is 10.3. The van der Waals surface area contributed by atoms with Gasteiger partial charge in [0.05, 0.1) is 6.33 Å². The molecular formula is C13H20N4O2. The lowest BCUT2D eigenvalue weighted by molar-refractivity contribution is 0.539. The van der Waals surface area contributed by atoms with Crippen LogP contribution in [0.3, 0.4) is 0 Å². The summed E-state index contributed by atoms with van der Waals surface area (Å²) in [5, 5.41) is 0. The summed E-state index contributed by atoms with van der Waals surface area (Å²) in [6, 6.07) is 0. The molecule has 0 atom stereocenters. The highest BCUT2D eigenvalue weighted by Crippen LogP contribution is 2.04. The maximum atomic E-state index is 12.7. The Morgan fingerprint density at radius 3 is 3.00 bits per heavy atom. The summed E-state index contributed by atoms with van der Waals surface area (Å²) >= 11 is 0. The fourth-order valence-corrected chi connectivity index (χ4v) is 1.84. The van der Waals surface area contributed by atoms with Crippen LogP contribution in [0.25, 0.3) is 11.2 Å². The van der Waals surface area contributed by atoms with Crippen LogP contribution >= 0.6 is 0 Å². The maximum absolute atomic E-state index is 12.7. The molecule has 0 saturated heterocycles. The Hall–Kier alpha value is -1.85. The first-order valence-corrected chi connectivity index (χ1v) is 5.61. The Morgan fingerprint density at radius 1 is 1.42 bits per heavy atom. The van der Waals surface area contributed by atoms with Crippen molar-refractivity contribution in [1.29, 1.82) is 0 Å². The van der Waals surface area contributed by atoms with Gasteiger partial charge in [0.25, 0.3) is 5.56 Å². The first-order valence-electron chi connectivity index (χ1n) is 10.6. The van der Waals surface area contributed by atoms with E-state index in [0.29, 0.717) is 9.13 Å². The van der Waals surface area contributed by atoms with Crippen LogP contribution in [0.5, 0.6) is 0 Å². The van der Waals surface area contributed by atoms with Crippen LogP contribution in [0.4, 0.5) is 0 Å². The SMILES string of the molecule is [2H]C([2H])([2H])n1c(=O)n(CCCC([2H])([2H])C([2H])([2H])C([2H])([2H])[2H])c(=O)c2c1ncn2C. The summed E-state index contributed by atoms with van der Waals surface area (Å²) in [6.45, 7) is -6.56. The van der Waals surface area contributed by atoms with Crippen molar-refractivity contribution in [2.45, 2.75) is 39.0 Å². The van der Waals surface area contributed by atoms with Crippen molar-refractivity contribution >= 4 is 11.2 Å². The zero-order chi connectivity index (χ0) is 22.6. The van der Waals surface area contributed by atoms with Crippen LogP contribution in [0.1, 0.15) is 46.1 Å². The van der Waals surface area contributed by atoms with Crippen LogP contribution in [0.2, 0.25) is 0 Å². The van der Waals surface area contributed by atoms with Crippen molar-refractivity contribution in [2.75, 3.05) is 0 Å². The van der Waals surface area contributed by atoms with Crippen molar-refractivity contribution in [1.82, 2.24) is 18.7 Å². The van der Waals surface area contributed by atoms with E-state index in [2.05, 4.69) is 4.98 Å². The maximum Gasteiger partial charge on any atom is 0.332 e. The largest absolute Gasteiger partial charge is 0.332 e. The minimum absolute atomic E-state index is 0.137. The zero-order valence-electron chi connectivity index (χ0n) is 20.3. The minimum atomic E-state index is -3.21. The lowest BCUT2D eigenvalue weighted by Crippen LogP contribution is -2.39. The second kappa shape index (κ2) is 5.42. The quantitative estimate of drug-likeness (QED) is 0.817. The highest BCUT2D eigenvalue weighted by Gasteiger charge is 2.14. The normalized spacial score (nSPS) is 21.9. The highest BCUT2D eigenvalue weighted by atomic mass is 16.2. The predicted octanol–water partition coefficient (Wildman–Crippen LogP) is 1.01. The molecule has 2 aromatic rings. The highest BCUT2D eigenvalue weighted by molar-refractivity contribution is 5.69. The predicted molar refractivity (Wildman–Crippen MR) is 74.4 cm³/mol. The molecule has 6 heteroatoms. The Balaban J connectivity index is 2.45. The van der Waals surface area contributed by atoms with E-state index in [4.69, 9.17) is 13.7 Å². The molecule has 0 radical (unpaired) electrons. The second-order valence-corrected chi connectivity index (χ2v) is 4.01. The molecule has 2 aromatic heterocycles. The Labute approximate surface area is 125 Å². The average molecular weight is 274 g/mol. The van der Waals surface area contributed by atoms with Gasteiger partial charge in [0.15, 0.2) is 11.2 Å². The summed E-state index contributed by atoms with van der Waals surface area (Å²) < 4.78 is 77.3. The molecule has 0 aliphatic heterocycles. The van der Waals surface area contributed by atoms with E-state index < -0.39 is 50.8 Å². The standard InChI is InChI=1S/C13H20N4O2/c1-4-5-6-7-8-17-12(18)10-11(14-9-15(10)2)16(3)13(17)19/h9H,4-8H2,1-3H3/i1D3,3D3,4D2,5D2. The number of aryl methyl sites for hydroxylation is 2. The van der Waals surface area contributed by atoms with Gasteiger partial charge >= 0.3 is 5.69 Å². The molecule has 104 valence electrons. The molecular weight excluding hydrogens is 244 g/mol. The van der Waals surface area contributed by atoms with Gasteiger partial charge in [-0.05, 0) is 6.42 Å². The fourth-order valence-electron chi connectivity index (χ4n) is 1.84. The minimum Gasteiger partial charge on any atom is -0.328 e. The monoisotopic (exact) mass is 274 g/mol. The molecule has 0 bridgehead atoms. The molecule has 6 nitrogen and oxygen atoms in total. The summed E-state index contributed by atoms with van der Waals surface area (Å²) in [4.78, 5) is 29.1.